The fourth-order valence-corrected chi connectivity index (χ4v) is 1.56. The van der Waals surface area contributed by atoms with Crippen LogP contribution in [0.1, 0.15) is 6.92 Å². The molecule has 1 aromatic carbocycles. The molecule has 0 amide bonds. The minimum Gasteiger partial charge on any atom is -0.398 e. The van der Waals surface area contributed by atoms with Crippen molar-refractivity contribution in [2.45, 2.75) is 13.5 Å². The van der Waals surface area contributed by atoms with Crippen LogP contribution in [0.2, 0.25) is 5.02 Å². The van der Waals surface area contributed by atoms with Gasteiger partial charge in [-0.1, -0.05) is 11.6 Å². The zero-order chi connectivity index (χ0) is 10.8. The zero-order valence-electron chi connectivity index (χ0n) is 8.31. The van der Waals surface area contributed by atoms with Crippen LogP contribution in [0.25, 0.3) is 11.4 Å². The van der Waals surface area contributed by atoms with E-state index in [0.717, 1.165) is 17.9 Å². The lowest BCUT2D eigenvalue weighted by molar-refractivity contribution is 0.767. The van der Waals surface area contributed by atoms with Crippen molar-refractivity contribution in [3.05, 3.63) is 29.5 Å². The lowest BCUT2D eigenvalue weighted by Gasteiger charge is -2.04. The molecule has 2 aromatic rings. The van der Waals surface area contributed by atoms with Crippen molar-refractivity contribution in [1.29, 1.82) is 0 Å². The molecule has 1 heterocycles. The Kier molecular flexibility index (Phi) is 2.60. The smallest absolute Gasteiger partial charge is 0.163 e. The van der Waals surface area contributed by atoms with Crippen molar-refractivity contribution in [3.63, 3.8) is 0 Å². The Morgan fingerprint density at radius 1 is 1.47 bits per heavy atom. The third-order valence-corrected chi connectivity index (χ3v) is 2.54. The molecule has 0 spiro atoms. The number of anilines is 1. The van der Waals surface area contributed by atoms with Crippen molar-refractivity contribution in [3.8, 4) is 11.4 Å². The standard InChI is InChI=1S/C10H11ClN4/c1-2-15-6-13-14-10(15)7-3-4-9(12)8(11)5-7/h3-6H,2,12H2,1H3. The van der Waals surface area contributed by atoms with E-state index in [0.29, 0.717) is 10.7 Å². The van der Waals surface area contributed by atoms with Crippen LogP contribution in [0.3, 0.4) is 0 Å². The summed E-state index contributed by atoms with van der Waals surface area (Å²) < 4.78 is 1.95. The number of hydrogen-bond acceptors (Lipinski definition) is 3. The first-order chi connectivity index (χ1) is 7.22. The Bertz CT molecular complexity index is 478. The van der Waals surface area contributed by atoms with E-state index < -0.39 is 0 Å². The number of nitrogen functional groups attached to an aromatic ring is 1. The van der Waals surface area contributed by atoms with Gasteiger partial charge in [0.05, 0.1) is 10.7 Å². The van der Waals surface area contributed by atoms with Gasteiger partial charge in [-0.15, -0.1) is 10.2 Å². The topological polar surface area (TPSA) is 56.7 Å². The molecule has 1 aromatic heterocycles. The Hall–Kier alpha value is -1.55. The molecule has 0 atom stereocenters. The minimum absolute atomic E-state index is 0.540. The summed E-state index contributed by atoms with van der Waals surface area (Å²) >= 11 is 5.94. The highest BCUT2D eigenvalue weighted by molar-refractivity contribution is 6.33. The summed E-state index contributed by atoms with van der Waals surface area (Å²) in [5.74, 6) is 0.805. The van der Waals surface area contributed by atoms with Gasteiger partial charge in [-0.3, -0.25) is 0 Å². The van der Waals surface area contributed by atoms with Gasteiger partial charge in [0.2, 0.25) is 0 Å². The second-order valence-electron chi connectivity index (χ2n) is 3.18. The van der Waals surface area contributed by atoms with Crippen molar-refractivity contribution in [2.75, 3.05) is 5.73 Å². The minimum atomic E-state index is 0.540. The van der Waals surface area contributed by atoms with Gasteiger partial charge in [-0.25, -0.2) is 0 Å². The molecule has 2 N–H and O–H groups in total. The number of aryl methyl sites for hydroxylation is 1. The second kappa shape index (κ2) is 3.90. The first kappa shape index (κ1) is 9.98. The van der Waals surface area contributed by atoms with Crippen LogP contribution in [0.15, 0.2) is 24.5 Å². The Labute approximate surface area is 92.7 Å². The molecule has 78 valence electrons. The molecule has 0 aliphatic rings. The third kappa shape index (κ3) is 1.80. The van der Waals surface area contributed by atoms with Gasteiger partial charge in [-0.05, 0) is 25.1 Å². The van der Waals surface area contributed by atoms with Crippen molar-refractivity contribution >= 4 is 17.3 Å². The van der Waals surface area contributed by atoms with E-state index in [1.165, 1.54) is 0 Å². The monoisotopic (exact) mass is 222 g/mol. The summed E-state index contributed by atoms with van der Waals surface area (Å²) in [5, 5.41) is 8.44. The molecule has 5 heteroatoms. The van der Waals surface area contributed by atoms with Gasteiger partial charge in [0.25, 0.3) is 0 Å². The maximum absolute atomic E-state index is 5.94. The van der Waals surface area contributed by atoms with Crippen LogP contribution >= 0.6 is 11.6 Å². The van der Waals surface area contributed by atoms with Crippen LogP contribution in [-0.2, 0) is 6.54 Å². The lowest BCUT2D eigenvalue weighted by Crippen LogP contribution is -1.96. The molecular formula is C10H11ClN4. The summed E-state index contributed by atoms with van der Waals surface area (Å²) in [6.07, 6.45) is 1.69. The van der Waals surface area contributed by atoms with E-state index in [2.05, 4.69) is 10.2 Å². The highest BCUT2D eigenvalue weighted by Gasteiger charge is 2.07. The Balaban J connectivity index is 2.50. The normalized spacial score (nSPS) is 10.5. The SMILES string of the molecule is CCn1cnnc1-c1ccc(N)c(Cl)c1. The summed E-state index contributed by atoms with van der Waals surface area (Å²) in [6, 6.07) is 5.46. The van der Waals surface area contributed by atoms with Gasteiger partial charge in [-0.2, -0.15) is 0 Å². The van der Waals surface area contributed by atoms with E-state index in [1.54, 1.807) is 18.5 Å². The number of rotatable bonds is 2. The number of nitrogens with zero attached hydrogens (tertiary/aromatic N) is 3. The number of halogens is 1. The lowest BCUT2D eigenvalue weighted by atomic mass is 10.2. The van der Waals surface area contributed by atoms with Crippen molar-refractivity contribution in [1.82, 2.24) is 14.8 Å². The summed E-state index contributed by atoms with van der Waals surface area (Å²) in [6.45, 7) is 2.86. The number of nitrogens with two attached hydrogens (primary N) is 1. The van der Waals surface area contributed by atoms with E-state index in [4.69, 9.17) is 17.3 Å². The summed E-state index contributed by atoms with van der Waals surface area (Å²) in [7, 11) is 0. The zero-order valence-corrected chi connectivity index (χ0v) is 9.07. The van der Waals surface area contributed by atoms with E-state index >= 15 is 0 Å². The maximum atomic E-state index is 5.94. The van der Waals surface area contributed by atoms with Gasteiger partial charge in [0, 0.05) is 12.1 Å². The predicted molar refractivity (Wildman–Crippen MR) is 60.6 cm³/mol. The average Bonchev–Trinajstić information content (AvgIpc) is 2.70. The number of aromatic nitrogens is 3. The number of hydrogen-bond donors (Lipinski definition) is 1. The molecule has 0 saturated heterocycles. The number of benzene rings is 1. The molecule has 4 nitrogen and oxygen atoms in total. The van der Waals surface area contributed by atoms with Gasteiger partial charge >= 0.3 is 0 Å². The predicted octanol–water partition coefficient (Wildman–Crippen LogP) is 2.20. The van der Waals surface area contributed by atoms with E-state index in [-0.39, 0.29) is 0 Å². The quantitative estimate of drug-likeness (QED) is 0.793. The second-order valence-corrected chi connectivity index (χ2v) is 3.58. The summed E-state index contributed by atoms with van der Waals surface area (Å²) in [4.78, 5) is 0. The maximum Gasteiger partial charge on any atom is 0.163 e. The molecule has 0 fully saturated rings. The largest absolute Gasteiger partial charge is 0.398 e. The molecule has 0 radical (unpaired) electrons. The molecule has 2 rings (SSSR count). The fraction of sp³-hybridized carbons (Fsp3) is 0.200. The van der Waals surface area contributed by atoms with Crippen LogP contribution in [0, 0.1) is 0 Å². The first-order valence-electron chi connectivity index (χ1n) is 4.65. The molecule has 0 saturated carbocycles. The Morgan fingerprint density at radius 2 is 2.27 bits per heavy atom. The molecule has 0 aliphatic heterocycles. The summed E-state index contributed by atoms with van der Waals surface area (Å²) in [5.41, 5.74) is 7.13. The van der Waals surface area contributed by atoms with E-state index in [1.807, 2.05) is 17.6 Å². The molecule has 15 heavy (non-hydrogen) atoms. The molecule has 0 bridgehead atoms. The fourth-order valence-electron chi connectivity index (χ4n) is 1.38. The van der Waals surface area contributed by atoms with Gasteiger partial charge in [0.15, 0.2) is 5.82 Å². The average molecular weight is 223 g/mol. The van der Waals surface area contributed by atoms with Crippen LogP contribution < -0.4 is 5.73 Å². The van der Waals surface area contributed by atoms with Crippen molar-refractivity contribution < 1.29 is 0 Å². The van der Waals surface area contributed by atoms with E-state index in [9.17, 15) is 0 Å². The van der Waals surface area contributed by atoms with Crippen molar-refractivity contribution in [2.24, 2.45) is 0 Å². The van der Waals surface area contributed by atoms with Crippen LogP contribution in [0.5, 0.6) is 0 Å². The molecule has 0 aliphatic carbocycles. The third-order valence-electron chi connectivity index (χ3n) is 2.21. The van der Waals surface area contributed by atoms with Gasteiger partial charge < -0.3 is 10.3 Å². The van der Waals surface area contributed by atoms with Crippen LogP contribution in [0.4, 0.5) is 5.69 Å². The van der Waals surface area contributed by atoms with Gasteiger partial charge in [0.1, 0.15) is 6.33 Å². The Morgan fingerprint density at radius 3 is 2.93 bits per heavy atom. The molecule has 0 unspecified atom stereocenters. The molecular weight excluding hydrogens is 212 g/mol. The highest BCUT2D eigenvalue weighted by atomic mass is 35.5. The first-order valence-corrected chi connectivity index (χ1v) is 5.03. The highest BCUT2D eigenvalue weighted by Crippen LogP contribution is 2.25. The van der Waals surface area contributed by atoms with Crippen LogP contribution in [-0.4, -0.2) is 14.8 Å².